The van der Waals surface area contributed by atoms with Gasteiger partial charge in [0.15, 0.2) is 0 Å². The number of carbonyl (C=O) groups excluding carboxylic acids is 2. The van der Waals surface area contributed by atoms with Crippen LogP contribution < -0.4 is 15.4 Å². The van der Waals surface area contributed by atoms with Crippen molar-refractivity contribution in [3.05, 3.63) is 94.3 Å². The molecular weight excluding hydrogens is 717 g/mol. The Morgan fingerprint density at radius 2 is 1.76 bits per heavy atom. The van der Waals surface area contributed by atoms with Crippen LogP contribution in [-0.4, -0.2) is 59.5 Å². The van der Waals surface area contributed by atoms with E-state index in [9.17, 15) is 27.8 Å². The second-order valence-electron chi connectivity index (χ2n) is 14.0. The van der Waals surface area contributed by atoms with E-state index in [4.69, 9.17) is 15.8 Å². The molecule has 0 aromatic heterocycles. The Labute approximate surface area is 306 Å². The molecular formula is C36H41ClFN5O6S2. The molecule has 4 atom stereocenters. The lowest BCUT2D eigenvalue weighted by Gasteiger charge is -2.39. The number of halogens is 2. The molecule has 1 saturated heterocycles. The standard InChI is InChI=1S/C36H41ClFN5O6S2/c1-35(2,3)50(46)42-36(17-16-23-8-9-23,25-7-5-6-24(18-25)21-39)26-10-15-30(38)31(19-26)41-33(44)32-20-29(49-51(4,47)48)22-43(32)34(45)40-28-13-11-27(37)12-14-28/h5-7,10-15,18-19,23,29,32,42H,8-9,16-17,20,22H2,1-4H3,(H,40,45)(H,41,44)/t29-,32-,36?,50?/m1/s1. The molecule has 2 unspecified atom stereocenters. The summed E-state index contributed by atoms with van der Waals surface area (Å²) >= 11 is 4.35. The summed E-state index contributed by atoms with van der Waals surface area (Å²) in [6, 6.07) is 17.7. The van der Waals surface area contributed by atoms with Gasteiger partial charge in [0.2, 0.25) is 5.91 Å². The van der Waals surface area contributed by atoms with Crippen LogP contribution in [0.3, 0.4) is 0 Å². The zero-order chi connectivity index (χ0) is 37.1. The van der Waals surface area contributed by atoms with Gasteiger partial charge in [-0.15, -0.1) is 4.72 Å². The smallest absolute Gasteiger partial charge is 0.322 e. The summed E-state index contributed by atoms with van der Waals surface area (Å²) in [5, 5.41) is 15.5. The lowest BCUT2D eigenvalue weighted by Crippen LogP contribution is -2.52. The van der Waals surface area contributed by atoms with Crippen molar-refractivity contribution in [2.45, 2.75) is 75.3 Å². The van der Waals surface area contributed by atoms with Crippen molar-refractivity contribution in [3.8, 4) is 6.07 Å². The Balaban J connectivity index is 1.51. The van der Waals surface area contributed by atoms with Crippen molar-refractivity contribution in [2.24, 2.45) is 5.92 Å². The molecule has 51 heavy (non-hydrogen) atoms. The number of hydrogen-bond acceptors (Lipinski definition) is 8. The molecule has 2 aliphatic rings. The molecule has 272 valence electrons. The normalized spacial score (nSPS) is 19.5. The van der Waals surface area contributed by atoms with Crippen molar-refractivity contribution < 1.29 is 31.1 Å². The van der Waals surface area contributed by atoms with Crippen molar-refractivity contribution >= 4 is 56.4 Å². The molecule has 0 bridgehead atoms. The minimum atomic E-state index is -3.93. The fraction of sp³-hybridized carbons (Fsp3) is 0.417. The highest BCUT2D eigenvalue weighted by molar-refractivity contribution is 7.90. The van der Waals surface area contributed by atoms with E-state index in [1.54, 1.807) is 48.5 Å². The summed E-state index contributed by atoms with van der Waals surface area (Å²) in [5.41, 5.74) is 0.607. The minimum Gasteiger partial charge on any atom is -0.598 e. The maximum atomic E-state index is 15.6. The predicted octanol–water partition coefficient (Wildman–Crippen LogP) is 6.43. The number of anilines is 2. The molecule has 3 aromatic carbocycles. The van der Waals surface area contributed by atoms with Crippen LogP contribution in [0.4, 0.5) is 20.6 Å². The quantitative estimate of drug-likeness (QED) is 0.141. The van der Waals surface area contributed by atoms with Crippen LogP contribution in [0.25, 0.3) is 0 Å². The maximum Gasteiger partial charge on any atom is 0.322 e. The van der Waals surface area contributed by atoms with E-state index < -0.39 is 61.7 Å². The van der Waals surface area contributed by atoms with E-state index in [-0.39, 0.29) is 18.7 Å². The lowest BCUT2D eigenvalue weighted by molar-refractivity contribution is -0.119. The van der Waals surface area contributed by atoms with Crippen molar-refractivity contribution in [2.75, 3.05) is 23.4 Å². The number of carbonyl (C=O) groups is 2. The first-order chi connectivity index (χ1) is 24.0. The van der Waals surface area contributed by atoms with E-state index >= 15 is 4.39 Å². The third kappa shape index (κ3) is 9.79. The van der Waals surface area contributed by atoms with E-state index in [1.807, 2.05) is 26.8 Å². The fourth-order valence-electron chi connectivity index (χ4n) is 6.04. The number of nitriles is 1. The average Bonchev–Trinajstić information content (AvgIpc) is 3.81. The Bertz CT molecular complexity index is 1920. The number of nitrogens with zero attached hydrogens (tertiary/aromatic N) is 2. The van der Waals surface area contributed by atoms with Crippen molar-refractivity contribution in [3.63, 3.8) is 0 Å². The van der Waals surface area contributed by atoms with Gasteiger partial charge in [0.25, 0.3) is 10.1 Å². The van der Waals surface area contributed by atoms with Crippen molar-refractivity contribution in [1.82, 2.24) is 9.62 Å². The van der Waals surface area contributed by atoms with Crippen LogP contribution in [0.15, 0.2) is 66.7 Å². The van der Waals surface area contributed by atoms with E-state index in [0.717, 1.165) is 30.4 Å². The minimum absolute atomic E-state index is 0.174. The molecule has 3 amide bonds. The molecule has 5 rings (SSSR count). The zero-order valence-electron chi connectivity index (χ0n) is 28.7. The molecule has 15 heteroatoms. The Hall–Kier alpha value is -3.71. The number of hydrogen-bond donors (Lipinski definition) is 3. The molecule has 3 aromatic rings. The molecule has 2 fully saturated rings. The van der Waals surface area contributed by atoms with Crippen LogP contribution in [0.5, 0.6) is 0 Å². The van der Waals surface area contributed by atoms with Crippen LogP contribution in [0, 0.1) is 23.1 Å². The molecule has 1 heterocycles. The first kappa shape index (κ1) is 38.5. The molecule has 3 N–H and O–H groups in total. The van der Waals surface area contributed by atoms with E-state index in [1.165, 1.54) is 12.1 Å². The summed E-state index contributed by atoms with van der Waals surface area (Å²) in [5.74, 6) is -1.05. The van der Waals surface area contributed by atoms with Gasteiger partial charge in [-0.1, -0.05) is 42.6 Å². The number of likely N-dealkylation sites (tertiary alicyclic amines) is 1. The van der Waals surface area contributed by atoms with Gasteiger partial charge in [-0.25, -0.2) is 9.18 Å². The molecule has 1 aliphatic carbocycles. The Morgan fingerprint density at radius 1 is 1.08 bits per heavy atom. The van der Waals surface area contributed by atoms with Gasteiger partial charge < -0.3 is 20.1 Å². The van der Waals surface area contributed by atoms with Gasteiger partial charge in [0, 0.05) is 28.5 Å². The first-order valence-corrected chi connectivity index (χ1v) is 19.8. The summed E-state index contributed by atoms with van der Waals surface area (Å²) in [7, 11) is -3.93. The van der Waals surface area contributed by atoms with Gasteiger partial charge in [-0.3, -0.25) is 8.98 Å². The van der Waals surface area contributed by atoms with Gasteiger partial charge >= 0.3 is 6.03 Å². The highest BCUT2D eigenvalue weighted by Crippen LogP contribution is 2.43. The molecule has 0 radical (unpaired) electrons. The lowest BCUT2D eigenvalue weighted by atomic mass is 9.79. The second kappa shape index (κ2) is 15.5. The number of nitrogens with one attached hydrogen (secondary N) is 3. The topological polar surface area (TPSA) is 164 Å². The van der Waals surface area contributed by atoms with Crippen LogP contribution in [0.2, 0.25) is 5.02 Å². The van der Waals surface area contributed by atoms with Gasteiger partial charge in [-0.05, 0) is 99.2 Å². The summed E-state index contributed by atoms with van der Waals surface area (Å²) in [4.78, 5) is 28.5. The Kier molecular flexibility index (Phi) is 11.7. The van der Waals surface area contributed by atoms with E-state index in [0.29, 0.717) is 39.7 Å². The second-order valence-corrected chi connectivity index (χ2v) is 18.0. The third-order valence-corrected chi connectivity index (χ3v) is 11.4. The maximum absolute atomic E-state index is 15.6. The van der Waals surface area contributed by atoms with Crippen LogP contribution >= 0.6 is 11.6 Å². The van der Waals surface area contributed by atoms with Crippen LogP contribution in [-0.2, 0) is 36.0 Å². The molecule has 11 nitrogen and oxygen atoms in total. The number of rotatable bonds is 12. The number of benzene rings is 3. The van der Waals surface area contributed by atoms with E-state index in [2.05, 4.69) is 21.4 Å². The Morgan fingerprint density at radius 3 is 2.39 bits per heavy atom. The van der Waals surface area contributed by atoms with Crippen LogP contribution in [0.1, 0.15) is 69.6 Å². The fourth-order valence-corrected chi connectivity index (χ4v) is 7.76. The van der Waals surface area contributed by atoms with Gasteiger partial charge in [0.05, 0.1) is 36.2 Å². The van der Waals surface area contributed by atoms with Crippen molar-refractivity contribution in [1.29, 1.82) is 5.26 Å². The van der Waals surface area contributed by atoms with Gasteiger partial charge in [-0.2, -0.15) is 13.7 Å². The monoisotopic (exact) mass is 757 g/mol. The number of amides is 3. The SMILES string of the molecule is CC(C)(C)[S+]([O-])NC(CCC1CC1)(c1cccc(C#N)c1)c1ccc(F)c(NC(=O)[C@H]2C[C@@H](OS(C)(=O)=O)CN2C(=O)Nc2ccc(Cl)cc2)c1. The van der Waals surface area contributed by atoms with Gasteiger partial charge in [0.1, 0.15) is 22.1 Å². The summed E-state index contributed by atoms with van der Waals surface area (Å²) < 4.78 is 61.2. The molecule has 1 aliphatic heterocycles. The highest BCUT2D eigenvalue weighted by atomic mass is 35.5. The largest absolute Gasteiger partial charge is 0.598 e. The summed E-state index contributed by atoms with van der Waals surface area (Å²) in [6.07, 6.45) is 3.05. The average molecular weight is 758 g/mol. The summed E-state index contributed by atoms with van der Waals surface area (Å²) in [6.45, 7) is 5.28. The molecule has 1 saturated carbocycles. The predicted molar refractivity (Wildman–Crippen MR) is 195 cm³/mol. The highest BCUT2D eigenvalue weighted by Gasteiger charge is 2.45. The third-order valence-electron chi connectivity index (χ3n) is 8.88. The number of urea groups is 1. The first-order valence-electron chi connectivity index (χ1n) is 16.5. The zero-order valence-corrected chi connectivity index (χ0v) is 31.1. The molecule has 0 spiro atoms.